The van der Waals surface area contributed by atoms with E-state index in [1.54, 1.807) is 0 Å². The molecular weight excluding hydrogens is 380 g/mol. The molecule has 0 saturated carbocycles. The highest BCUT2D eigenvalue weighted by Gasteiger charge is 2.30. The third-order valence-corrected chi connectivity index (χ3v) is 5.36. The highest BCUT2D eigenvalue weighted by molar-refractivity contribution is 9.13. The van der Waals surface area contributed by atoms with Crippen molar-refractivity contribution in [3.05, 3.63) is 15.4 Å². The number of halogens is 2. The lowest BCUT2D eigenvalue weighted by Gasteiger charge is -2.16. The monoisotopic (exact) mass is 390 g/mol. The number of aliphatic hydroxyl groups is 1. The van der Waals surface area contributed by atoms with Crippen molar-refractivity contribution >= 4 is 48.7 Å². The van der Waals surface area contributed by atoms with Crippen LogP contribution in [0, 0.1) is 0 Å². The van der Waals surface area contributed by atoms with Gasteiger partial charge in [-0.25, -0.2) is 9.97 Å². The first-order valence-corrected chi connectivity index (χ1v) is 7.43. The number of aliphatic hydroxyl groups excluding tert-OH is 1. The standard InChI is InChI=1S/C11H12Br2N4O2/c12-8-7-10(14)15-4-16-11(7)17(9(8)13)6-2-1-5(3-18)19-6/h4-6,18H,1-3H2,(H2,14,15,16)/t5-,6+/m0/s1. The van der Waals surface area contributed by atoms with Gasteiger partial charge in [0.2, 0.25) is 0 Å². The predicted octanol–water partition coefficient (Wildman–Crippen LogP) is 2.21. The summed E-state index contributed by atoms with van der Waals surface area (Å²) < 4.78 is 9.37. The van der Waals surface area contributed by atoms with E-state index in [0.29, 0.717) is 5.82 Å². The molecular formula is C11H12Br2N4O2. The molecule has 0 amide bonds. The molecule has 0 unspecified atom stereocenters. The van der Waals surface area contributed by atoms with Gasteiger partial charge in [0.05, 0.1) is 22.6 Å². The molecule has 8 heteroatoms. The van der Waals surface area contributed by atoms with Crippen LogP contribution in [0.3, 0.4) is 0 Å². The van der Waals surface area contributed by atoms with Crippen LogP contribution in [0.15, 0.2) is 15.4 Å². The van der Waals surface area contributed by atoms with Gasteiger partial charge in [-0.3, -0.25) is 4.57 Å². The molecule has 0 aromatic carbocycles. The second-order valence-corrected chi connectivity index (χ2v) is 5.95. The summed E-state index contributed by atoms with van der Waals surface area (Å²) in [6.45, 7) is 0.0333. The molecule has 0 radical (unpaired) electrons. The first-order valence-electron chi connectivity index (χ1n) is 5.85. The molecule has 1 aliphatic rings. The number of nitrogen functional groups attached to an aromatic ring is 1. The normalized spacial score (nSPS) is 23.3. The third-order valence-electron chi connectivity index (χ3n) is 3.27. The molecule has 3 rings (SSSR count). The van der Waals surface area contributed by atoms with Gasteiger partial charge in [-0.2, -0.15) is 0 Å². The van der Waals surface area contributed by atoms with Gasteiger partial charge in [0, 0.05) is 0 Å². The molecule has 0 aliphatic carbocycles. The van der Waals surface area contributed by atoms with E-state index in [1.807, 2.05) is 4.57 Å². The summed E-state index contributed by atoms with van der Waals surface area (Å²) in [7, 11) is 0. The molecule has 6 nitrogen and oxygen atoms in total. The summed E-state index contributed by atoms with van der Waals surface area (Å²) in [5.41, 5.74) is 6.61. The van der Waals surface area contributed by atoms with Crippen LogP contribution < -0.4 is 5.73 Å². The van der Waals surface area contributed by atoms with Crippen molar-refractivity contribution < 1.29 is 9.84 Å². The summed E-state index contributed by atoms with van der Waals surface area (Å²) in [6.07, 6.45) is 2.81. The lowest BCUT2D eigenvalue weighted by Crippen LogP contribution is -2.14. The van der Waals surface area contributed by atoms with Gasteiger partial charge in [0.1, 0.15) is 28.6 Å². The van der Waals surface area contributed by atoms with E-state index in [0.717, 1.165) is 33.0 Å². The van der Waals surface area contributed by atoms with Gasteiger partial charge in [0.15, 0.2) is 0 Å². The van der Waals surface area contributed by atoms with Gasteiger partial charge in [-0.05, 0) is 44.7 Å². The number of nitrogens with two attached hydrogens (primary N) is 1. The second kappa shape index (κ2) is 5.01. The van der Waals surface area contributed by atoms with Crippen LogP contribution in [0.2, 0.25) is 0 Å². The Hall–Kier alpha value is -0.700. The first-order chi connectivity index (χ1) is 9.13. The zero-order chi connectivity index (χ0) is 13.6. The topological polar surface area (TPSA) is 86.2 Å². The maximum atomic E-state index is 9.16. The number of rotatable bonds is 2. The molecule has 2 atom stereocenters. The van der Waals surface area contributed by atoms with Crippen LogP contribution in [-0.2, 0) is 4.74 Å². The fraction of sp³-hybridized carbons (Fsp3) is 0.455. The summed E-state index contributed by atoms with van der Waals surface area (Å²) in [5.74, 6) is 0.424. The third kappa shape index (κ3) is 2.06. The Balaban J connectivity index is 2.14. The van der Waals surface area contributed by atoms with Crippen LogP contribution >= 0.6 is 31.9 Å². The number of ether oxygens (including phenoxy) is 1. The summed E-state index contributed by atoms with van der Waals surface area (Å²) in [6, 6.07) is 0. The molecule has 0 spiro atoms. The van der Waals surface area contributed by atoms with Crippen molar-refractivity contribution in [2.24, 2.45) is 0 Å². The van der Waals surface area contributed by atoms with Crippen molar-refractivity contribution in [1.82, 2.24) is 14.5 Å². The molecule has 2 aromatic heterocycles. The number of fused-ring (bicyclic) bond motifs is 1. The van der Waals surface area contributed by atoms with Crippen LogP contribution in [0.1, 0.15) is 19.1 Å². The Morgan fingerprint density at radius 2 is 2.21 bits per heavy atom. The Bertz CT molecular complexity index is 631. The van der Waals surface area contributed by atoms with E-state index in [2.05, 4.69) is 41.8 Å². The Morgan fingerprint density at radius 3 is 2.89 bits per heavy atom. The molecule has 1 aliphatic heterocycles. The Morgan fingerprint density at radius 1 is 1.42 bits per heavy atom. The number of aromatic nitrogens is 3. The van der Waals surface area contributed by atoms with Crippen molar-refractivity contribution in [2.75, 3.05) is 12.3 Å². The lowest BCUT2D eigenvalue weighted by molar-refractivity contribution is -0.0214. The van der Waals surface area contributed by atoms with Crippen LogP contribution in [0.5, 0.6) is 0 Å². The average Bonchev–Trinajstić information content (AvgIpc) is 2.95. The van der Waals surface area contributed by atoms with Crippen LogP contribution in [-0.4, -0.2) is 32.4 Å². The molecule has 19 heavy (non-hydrogen) atoms. The van der Waals surface area contributed by atoms with Crippen molar-refractivity contribution in [1.29, 1.82) is 0 Å². The molecule has 3 N–H and O–H groups in total. The van der Waals surface area contributed by atoms with E-state index in [9.17, 15) is 0 Å². The Labute approximate surface area is 126 Å². The quantitative estimate of drug-likeness (QED) is 0.819. The highest BCUT2D eigenvalue weighted by Crippen LogP contribution is 2.41. The van der Waals surface area contributed by atoms with Crippen molar-refractivity contribution in [2.45, 2.75) is 25.2 Å². The molecule has 102 valence electrons. The molecule has 2 aromatic rings. The zero-order valence-electron chi connectivity index (χ0n) is 9.88. The molecule has 3 heterocycles. The van der Waals surface area contributed by atoms with E-state index < -0.39 is 0 Å². The minimum Gasteiger partial charge on any atom is -0.394 e. The van der Waals surface area contributed by atoms with E-state index in [1.165, 1.54) is 6.33 Å². The van der Waals surface area contributed by atoms with Gasteiger partial charge in [-0.15, -0.1) is 0 Å². The number of hydrogen-bond acceptors (Lipinski definition) is 5. The minimum absolute atomic E-state index is 0.0333. The highest BCUT2D eigenvalue weighted by atomic mass is 79.9. The zero-order valence-corrected chi connectivity index (χ0v) is 13.1. The van der Waals surface area contributed by atoms with Gasteiger partial charge in [-0.1, -0.05) is 0 Å². The largest absolute Gasteiger partial charge is 0.394 e. The number of anilines is 1. The summed E-state index contributed by atoms with van der Waals surface area (Å²) in [4.78, 5) is 8.29. The lowest BCUT2D eigenvalue weighted by atomic mass is 10.2. The van der Waals surface area contributed by atoms with Gasteiger partial charge in [0.25, 0.3) is 0 Å². The predicted molar refractivity (Wildman–Crippen MR) is 77.6 cm³/mol. The van der Waals surface area contributed by atoms with Gasteiger partial charge >= 0.3 is 0 Å². The summed E-state index contributed by atoms with van der Waals surface area (Å²) >= 11 is 7.03. The summed E-state index contributed by atoms with van der Waals surface area (Å²) in [5, 5.41) is 9.93. The Kier molecular flexibility index (Phi) is 3.50. The first kappa shape index (κ1) is 13.3. The average molecular weight is 392 g/mol. The second-order valence-electron chi connectivity index (χ2n) is 4.40. The van der Waals surface area contributed by atoms with E-state index in [4.69, 9.17) is 15.6 Å². The minimum atomic E-state index is -0.158. The van der Waals surface area contributed by atoms with Gasteiger partial charge < -0.3 is 15.6 Å². The van der Waals surface area contributed by atoms with Crippen LogP contribution in [0.25, 0.3) is 11.0 Å². The number of hydrogen-bond donors (Lipinski definition) is 2. The van der Waals surface area contributed by atoms with Crippen molar-refractivity contribution in [3.63, 3.8) is 0 Å². The fourth-order valence-electron chi connectivity index (χ4n) is 2.36. The van der Waals surface area contributed by atoms with E-state index in [-0.39, 0.29) is 18.9 Å². The van der Waals surface area contributed by atoms with Crippen LogP contribution in [0.4, 0.5) is 5.82 Å². The maximum absolute atomic E-state index is 9.16. The SMILES string of the molecule is Nc1ncnc2c1c(Br)c(Br)n2[C@H]1CC[C@@H](CO)O1. The molecule has 0 bridgehead atoms. The number of nitrogens with zero attached hydrogens (tertiary/aromatic N) is 3. The van der Waals surface area contributed by atoms with Crippen molar-refractivity contribution in [3.8, 4) is 0 Å². The molecule has 1 fully saturated rings. The maximum Gasteiger partial charge on any atom is 0.149 e. The van der Waals surface area contributed by atoms with E-state index >= 15 is 0 Å². The smallest absolute Gasteiger partial charge is 0.149 e. The fourth-order valence-corrected chi connectivity index (χ4v) is 3.52. The molecule has 1 saturated heterocycles.